The standard InChI is InChI=1S/C10H16IN5O2/c1-18-5-4-16(3-2-9(12)15-17)10-13-6-8(11)7-14-10/h6-7,17H,2-5H2,1H3,(H2,12,15). The molecular formula is C10H16IN5O2. The first-order valence-corrected chi connectivity index (χ1v) is 6.43. The Bertz CT molecular complexity index is 384. The summed E-state index contributed by atoms with van der Waals surface area (Å²) in [4.78, 5) is 10.4. The molecule has 0 saturated carbocycles. The van der Waals surface area contributed by atoms with E-state index in [1.165, 1.54) is 0 Å². The Balaban J connectivity index is 2.67. The van der Waals surface area contributed by atoms with Crippen molar-refractivity contribution in [2.24, 2.45) is 10.9 Å². The topological polar surface area (TPSA) is 96.9 Å². The van der Waals surface area contributed by atoms with Crippen molar-refractivity contribution in [2.45, 2.75) is 6.42 Å². The molecule has 0 saturated heterocycles. The molecule has 18 heavy (non-hydrogen) atoms. The average molecular weight is 365 g/mol. The second kappa shape index (κ2) is 8.03. The molecule has 0 aliphatic carbocycles. The summed E-state index contributed by atoms with van der Waals surface area (Å²) in [6.45, 7) is 1.78. The molecule has 0 amide bonds. The highest BCUT2D eigenvalue weighted by molar-refractivity contribution is 14.1. The van der Waals surface area contributed by atoms with Crippen molar-refractivity contribution in [1.29, 1.82) is 0 Å². The number of rotatable bonds is 7. The van der Waals surface area contributed by atoms with E-state index in [0.717, 1.165) is 3.57 Å². The lowest BCUT2D eigenvalue weighted by molar-refractivity contribution is 0.205. The van der Waals surface area contributed by atoms with Crippen LogP contribution in [0.4, 0.5) is 5.95 Å². The Kier molecular flexibility index (Phi) is 6.65. The fraction of sp³-hybridized carbons (Fsp3) is 0.500. The maximum Gasteiger partial charge on any atom is 0.225 e. The van der Waals surface area contributed by atoms with Crippen LogP contribution >= 0.6 is 22.6 Å². The Morgan fingerprint density at radius 2 is 2.17 bits per heavy atom. The van der Waals surface area contributed by atoms with Gasteiger partial charge in [-0.3, -0.25) is 0 Å². The van der Waals surface area contributed by atoms with Crippen LogP contribution < -0.4 is 10.6 Å². The SMILES string of the molecule is COCCN(CCC(N)=NO)c1ncc(I)cn1. The quantitative estimate of drug-likeness (QED) is 0.242. The Morgan fingerprint density at radius 3 is 2.72 bits per heavy atom. The molecule has 0 fully saturated rings. The summed E-state index contributed by atoms with van der Waals surface area (Å²) < 4.78 is 6.01. The Labute approximate surface area is 119 Å². The predicted octanol–water partition coefficient (Wildman–Crippen LogP) is 0.671. The molecule has 1 aromatic heterocycles. The first-order chi connectivity index (χ1) is 8.67. The molecule has 0 radical (unpaired) electrons. The van der Waals surface area contributed by atoms with Gasteiger partial charge in [-0.1, -0.05) is 5.16 Å². The third-order valence-corrected chi connectivity index (χ3v) is 2.78. The summed E-state index contributed by atoms with van der Waals surface area (Å²) in [5, 5.41) is 11.5. The highest BCUT2D eigenvalue weighted by Crippen LogP contribution is 2.09. The number of nitrogens with two attached hydrogens (primary N) is 1. The smallest absolute Gasteiger partial charge is 0.225 e. The molecule has 0 unspecified atom stereocenters. The zero-order valence-corrected chi connectivity index (χ0v) is 12.2. The second-order valence-electron chi connectivity index (χ2n) is 3.52. The monoisotopic (exact) mass is 365 g/mol. The van der Waals surface area contributed by atoms with E-state index in [0.29, 0.717) is 32.1 Å². The highest BCUT2D eigenvalue weighted by Gasteiger charge is 2.10. The van der Waals surface area contributed by atoms with E-state index in [4.69, 9.17) is 15.7 Å². The lowest BCUT2D eigenvalue weighted by Crippen LogP contribution is -2.32. The third kappa shape index (κ3) is 5.00. The maximum atomic E-state index is 8.52. The lowest BCUT2D eigenvalue weighted by Gasteiger charge is -2.21. The normalized spacial score (nSPS) is 11.6. The summed E-state index contributed by atoms with van der Waals surface area (Å²) in [6.07, 6.45) is 3.92. The summed E-state index contributed by atoms with van der Waals surface area (Å²) >= 11 is 2.15. The van der Waals surface area contributed by atoms with Gasteiger partial charge in [-0.15, -0.1) is 0 Å². The highest BCUT2D eigenvalue weighted by atomic mass is 127. The van der Waals surface area contributed by atoms with E-state index in [9.17, 15) is 0 Å². The molecule has 0 atom stereocenters. The molecule has 0 aliphatic heterocycles. The van der Waals surface area contributed by atoms with Crippen molar-refractivity contribution in [2.75, 3.05) is 31.7 Å². The van der Waals surface area contributed by atoms with Gasteiger partial charge in [-0.2, -0.15) is 0 Å². The second-order valence-corrected chi connectivity index (χ2v) is 4.77. The van der Waals surface area contributed by atoms with E-state index in [-0.39, 0.29) is 5.84 Å². The van der Waals surface area contributed by atoms with Gasteiger partial charge in [0.2, 0.25) is 5.95 Å². The van der Waals surface area contributed by atoms with Crippen LogP contribution in [0.25, 0.3) is 0 Å². The number of nitrogens with zero attached hydrogens (tertiary/aromatic N) is 4. The van der Waals surface area contributed by atoms with Gasteiger partial charge >= 0.3 is 0 Å². The number of amidine groups is 1. The summed E-state index contributed by atoms with van der Waals surface area (Å²) in [6, 6.07) is 0. The zero-order chi connectivity index (χ0) is 13.4. The fourth-order valence-electron chi connectivity index (χ4n) is 1.28. The van der Waals surface area contributed by atoms with Gasteiger partial charge in [0.25, 0.3) is 0 Å². The molecule has 100 valence electrons. The fourth-order valence-corrected chi connectivity index (χ4v) is 1.56. The van der Waals surface area contributed by atoms with Crippen LogP contribution in [0.1, 0.15) is 6.42 Å². The van der Waals surface area contributed by atoms with Gasteiger partial charge in [-0.05, 0) is 22.6 Å². The van der Waals surface area contributed by atoms with E-state index in [1.807, 2.05) is 4.90 Å². The molecule has 0 aromatic carbocycles. The van der Waals surface area contributed by atoms with E-state index >= 15 is 0 Å². The van der Waals surface area contributed by atoms with Crippen molar-refractivity contribution >= 4 is 34.4 Å². The first-order valence-electron chi connectivity index (χ1n) is 5.35. The number of hydrogen-bond acceptors (Lipinski definition) is 6. The minimum absolute atomic E-state index is 0.183. The molecule has 0 spiro atoms. The number of hydrogen-bond donors (Lipinski definition) is 2. The van der Waals surface area contributed by atoms with Crippen LogP contribution in [-0.4, -0.2) is 47.8 Å². The van der Waals surface area contributed by atoms with Crippen molar-refractivity contribution in [1.82, 2.24) is 9.97 Å². The Morgan fingerprint density at radius 1 is 1.50 bits per heavy atom. The van der Waals surface area contributed by atoms with Crippen LogP contribution in [0.5, 0.6) is 0 Å². The lowest BCUT2D eigenvalue weighted by atomic mass is 10.3. The van der Waals surface area contributed by atoms with Crippen molar-refractivity contribution in [3.63, 3.8) is 0 Å². The van der Waals surface area contributed by atoms with Gasteiger partial charge < -0.3 is 20.6 Å². The van der Waals surface area contributed by atoms with E-state index in [2.05, 4.69) is 37.7 Å². The number of oxime groups is 1. The van der Waals surface area contributed by atoms with Gasteiger partial charge in [0.05, 0.1) is 6.61 Å². The molecule has 1 aromatic rings. The molecule has 0 bridgehead atoms. The Hall–Kier alpha value is -1.16. The number of anilines is 1. The zero-order valence-electron chi connectivity index (χ0n) is 10.1. The van der Waals surface area contributed by atoms with Crippen molar-refractivity contribution in [3.05, 3.63) is 16.0 Å². The van der Waals surface area contributed by atoms with Crippen LogP contribution in [0.2, 0.25) is 0 Å². The molecule has 1 rings (SSSR count). The van der Waals surface area contributed by atoms with Gasteiger partial charge in [0, 0.05) is 42.6 Å². The van der Waals surface area contributed by atoms with Gasteiger partial charge in [0.1, 0.15) is 5.84 Å². The van der Waals surface area contributed by atoms with Crippen LogP contribution in [0.15, 0.2) is 17.5 Å². The number of methoxy groups -OCH3 is 1. The summed E-state index contributed by atoms with van der Waals surface area (Å²) in [5.41, 5.74) is 5.45. The van der Waals surface area contributed by atoms with Crippen molar-refractivity contribution < 1.29 is 9.94 Å². The predicted molar refractivity (Wildman–Crippen MR) is 76.9 cm³/mol. The van der Waals surface area contributed by atoms with E-state index < -0.39 is 0 Å². The minimum Gasteiger partial charge on any atom is -0.409 e. The van der Waals surface area contributed by atoms with Gasteiger partial charge in [-0.25, -0.2) is 9.97 Å². The van der Waals surface area contributed by atoms with Crippen LogP contribution in [0.3, 0.4) is 0 Å². The summed E-state index contributed by atoms with van der Waals surface area (Å²) in [7, 11) is 1.64. The largest absolute Gasteiger partial charge is 0.409 e. The molecule has 1 heterocycles. The molecule has 7 nitrogen and oxygen atoms in total. The van der Waals surface area contributed by atoms with Crippen LogP contribution in [-0.2, 0) is 4.74 Å². The molecular weight excluding hydrogens is 349 g/mol. The number of aromatic nitrogens is 2. The summed E-state index contributed by atoms with van der Waals surface area (Å²) in [5.74, 6) is 0.793. The molecule has 8 heteroatoms. The van der Waals surface area contributed by atoms with Gasteiger partial charge in [0.15, 0.2) is 0 Å². The average Bonchev–Trinajstić information content (AvgIpc) is 2.40. The van der Waals surface area contributed by atoms with Crippen molar-refractivity contribution in [3.8, 4) is 0 Å². The number of ether oxygens (including phenoxy) is 1. The van der Waals surface area contributed by atoms with Crippen LogP contribution in [0, 0.1) is 3.57 Å². The molecule has 0 aliphatic rings. The molecule has 3 N–H and O–H groups in total. The van der Waals surface area contributed by atoms with E-state index in [1.54, 1.807) is 19.5 Å². The maximum absolute atomic E-state index is 8.52. The number of halogens is 1. The first kappa shape index (κ1) is 14.9. The minimum atomic E-state index is 0.183. The third-order valence-electron chi connectivity index (χ3n) is 2.22.